The number of nitrogens with one attached hydrogen (secondary N) is 2. The number of unbranched alkanes of at least 4 members (excludes halogenated alkanes) is 1. The topological polar surface area (TPSA) is 63.2 Å². The van der Waals surface area contributed by atoms with Crippen LogP contribution in [-0.2, 0) is 4.79 Å². The lowest BCUT2D eigenvalue weighted by Crippen LogP contribution is -2.46. The van der Waals surface area contributed by atoms with E-state index in [1.54, 1.807) is 0 Å². The first-order valence-corrected chi connectivity index (χ1v) is 10.9. The van der Waals surface area contributed by atoms with Gasteiger partial charge in [0.05, 0.1) is 0 Å². The van der Waals surface area contributed by atoms with Crippen LogP contribution in [0.15, 0.2) is 4.99 Å². The normalized spacial score (nSPS) is 22.3. The second kappa shape index (κ2) is 12.2. The largest absolute Gasteiger partial charge is 0.357 e. The van der Waals surface area contributed by atoms with E-state index in [-0.39, 0.29) is 5.91 Å². The molecule has 7 heteroatoms. The Morgan fingerprint density at radius 1 is 1.04 bits per heavy atom. The summed E-state index contributed by atoms with van der Waals surface area (Å²) in [6.07, 6.45) is 3.92. The van der Waals surface area contributed by atoms with Crippen LogP contribution in [0.2, 0.25) is 0 Å². The van der Waals surface area contributed by atoms with Gasteiger partial charge in [-0.3, -0.25) is 9.79 Å². The molecule has 2 aliphatic heterocycles. The average Bonchev–Trinajstić information content (AvgIpc) is 3.16. The van der Waals surface area contributed by atoms with Crippen molar-refractivity contribution >= 4 is 11.9 Å². The molecule has 0 spiro atoms. The monoisotopic (exact) mass is 380 g/mol. The summed E-state index contributed by atoms with van der Waals surface area (Å²) in [6, 6.07) is 0.313. The van der Waals surface area contributed by atoms with Crippen LogP contribution in [0.5, 0.6) is 0 Å². The molecule has 1 amide bonds. The van der Waals surface area contributed by atoms with Gasteiger partial charge in [0.25, 0.3) is 0 Å². The Morgan fingerprint density at radius 3 is 2.44 bits per heavy atom. The van der Waals surface area contributed by atoms with E-state index in [4.69, 9.17) is 4.99 Å². The summed E-state index contributed by atoms with van der Waals surface area (Å²) in [5, 5.41) is 6.85. The first-order chi connectivity index (χ1) is 13.2. The number of guanidine groups is 1. The molecule has 2 heterocycles. The molecule has 2 rings (SSSR count). The third kappa shape index (κ3) is 7.66. The second-order valence-corrected chi connectivity index (χ2v) is 7.57. The third-order valence-electron chi connectivity index (χ3n) is 5.59. The number of carbonyl (C=O) groups excluding carboxylic acids is 1. The molecule has 7 nitrogen and oxygen atoms in total. The van der Waals surface area contributed by atoms with Crippen LogP contribution in [0.3, 0.4) is 0 Å². The molecule has 0 radical (unpaired) electrons. The predicted molar refractivity (Wildman–Crippen MR) is 112 cm³/mol. The fourth-order valence-corrected chi connectivity index (χ4v) is 3.81. The number of rotatable bonds is 9. The lowest BCUT2D eigenvalue weighted by Gasteiger charge is -2.33. The molecule has 156 valence electrons. The molecule has 0 bridgehead atoms. The summed E-state index contributed by atoms with van der Waals surface area (Å²) in [6.45, 7) is 16.8. The molecule has 2 N–H and O–H groups in total. The van der Waals surface area contributed by atoms with Gasteiger partial charge in [-0.2, -0.15) is 0 Å². The predicted octanol–water partition coefficient (Wildman–Crippen LogP) is 0.970. The van der Waals surface area contributed by atoms with Gasteiger partial charge in [-0.15, -0.1) is 0 Å². The fraction of sp³-hybridized carbons (Fsp3) is 0.900. The first-order valence-electron chi connectivity index (χ1n) is 10.9. The van der Waals surface area contributed by atoms with Crippen molar-refractivity contribution in [1.29, 1.82) is 0 Å². The minimum atomic E-state index is 0.251. The number of hydrogen-bond donors (Lipinski definition) is 2. The van der Waals surface area contributed by atoms with Crippen molar-refractivity contribution in [1.82, 2.24) is 25.3 Å². The second-order valence-electron chi connectivity index (χ2n) is 7.57. The van der Waals surface area contributed by atoms with Crippen molar-refractivity contribution in [3.63, 3.8) is 0 Å². The van der Waals surface area contributed by atoms with Crippen LogP contribution in [0.25, 0.3) is 0 Å². The SMILES string of the molecule is CCNC(=NCCCCN1CCN(CC)CC1)NC1CCN(C(=O)CC)C1. The molecule has 0 aromatic rings. The van der Waals surface area contributed by atoms with Crippen molar-refractivity contribution in [2.45, 2.75) is 52.5 Å². The highest BCUT2D eigenvalue weighted by atomic mass is 16.2. The number of hydrogen-bond acceptors (Lipinski definition) is 4. The number of likely N-dealkylation sites (N-methyl/N-ethyl adjacent to an activating group) is 1. The maximum Gasteiger partial charge on any atom is 0.222 e. The van der Waals surface area contributed by atoms with E-state index in [0.717, 1.165) is 45.0 Å². The molecule has 0 aliphatic carbocycles. The van der Waals surface area contributed by atoms with E-state index in [1.807, 2.05) is 11.8 Å². The molecular formula is C20H40N6O. The number of carbonyl (C=O) groups is 1. The Balaban J connectivity index is 1.64. The summed E-state index contributed by atoms with van der Waals surface area (Å²) in [4.78, 5) is 23.6. The van der Waals surface area contributed by atoms with Crippen LogP contribution in [0.4, 0.5) is 0 Å². The first kappa shape index (κ1) is 22.0. The van der Waals surface area contributed by atoms with Gasteiger partial charge in [0, 0.05) is 64.8 Å². The van der Waals surface area contributed by atoms with Crippen LogP contribution in [0, 0.1) is 0 Å². The van der Waals surface area contributed by atoms with Gasteiger partial charge in [-0.25, -0.2) is 0 Å². The molecule has 0 saturated carbocycles. The maximum absolute atomic E-state index is 11.8. The van der Waals surface area contributed by atoms with Gasteiger partial charge >= 0.3 is 0 Å². The molecule has 2 aliphatic rings. The highest BCUT2D eigenvalue weighted by Crippen LogP contribution is 2.10. The van der Waals surface area contributed by atoms with E-state index in [0.29, 0.717) is 12.5 Å². The van der Waals surface area contributed by atoms with E-state index in [1.165, 1.54) is 45.7 Å². The van der Waals surface area contributed by atoms with Crippen LogP contribution in [-0.4, -0.2) is 98.1 Å². The van der Waals surface area contributed by atoms with Crippen LogP contribution in [0.1, 0.15) is 46.5 Å². The lowest BCUT2D eigenvalue weighted by atomic mass is 10.2. The molecule has 27 heavy (non-hydrogen) atoms. The quantitative estimate of drug-likeness (QED) is 0.355. The Labute approximate surface area is 165 Å². The van der Waals surface area contributed by atoms with Gasteiger partial charge < -0.3 is 25.3 Å². The molecule has 2 saturated heterocycles. The Morgan fingerprint density at radius 2 is 1.78 bits per heavy atom. The lowest BCUT2D eigenvalue weighted by molar-refractivity contribution is -0.129. The van der Waals surface area contributed by atoms with E-state index in [9.17, 15) is 4.79 Å². The van der Waals surface area contributed by atoms with Crippen molar-refractivity contribution < 1.29 is 4.79 Å². The van der Waals surface area contributed by atoms with Gasteiger partial charge in [-0.05, 0) is 39.3 Å². The summed E-state index contributed by atoms with van der Waals surface area (Å²) < 4.78 is 0. The summed E-state index contributed by atoms with van der Waals surface area (Å²) in [5.41, 5.74) is 0. The highest BCUT2D eigenvalue weighted by Gasteiger charge is 2.25. The zero-order valence-corrected chi connectivity index (χ0v) is 17.7. The van der Waals surface area contributed by atoms with E-state index in [2.05, 4.69) is 34.3 Å². The van der Waals surface area contributed by atoms with Crippen molar-refractivity contribution in [3.8, 4) is 0 Å². The summed E-state index contributed by atoms with van der Waals surface area (Å²) >= 11 is 0. The smallest absolute Gasteiger partial charge is 0.222 e. The average molecular weight is 381 g/mol. The molecule has 1 atom stereocenters. The van der Waals surface area contributed by atoms with Gasteiger partial charge in [0.2, 0.25) is 5.91 Å². The van der Waals surface area contributed by atoms with E-state index >= 15 is 0 Å². The Hall–Kier alpha value is -1.34. The number of likely N-dealkylation sites (tertiary alicyclic amines) is 1. The molecule has 2 fully saturated rings. The standard InChI is InChI=1S/C20H40N6O/c1-4-19(27)26-12-9-18(17-26)23-20(21-5-2)22-10-7-8-11-25-15-13-24(6-3)14-16-25/h18H,4-17H2,1-3H3,(H2,21,22,23). The minimum absolute atomic E-state index is 0.251. The van der Waals surface area contributed by atoms with Gasteiger partial charge in [-0.1, -0.05) is 13.8 Å². The molecule has 1 unspecified atom stereocenters. The zero-order chi connectivity index (χ0) is 19.5. The number of amides is 1. The molecule has 0 aromatic heterocycles. The van der Waals surface area contributed by atoms with Crippen LogP contribution >= 0.6 is 0 Å². The Kier molecular flexibility index (Phi) is 9.91. The molecule has 0 aromatic carbocycles. The summed E-state index contributed by atoms with van der Waals surface area (Å²) in [5.74, 6) is 1.14. The van der Waals surface area contributed by atoms with Gasteiger partial charge in [0.1, 0.15) is 0 Å². The molecular weight excluding hydrogens is 340 g/mol. The van der Waals surface area contributed by atoms with Crippen molar-refractivity contribution in [3.05, 3.63) is 0 Å². The van der Waals surface area contributed by atoms with Crippen molar-refractivity contribution in [2.75, 3.05) is 65.4 Å². The fourth-order valence-electron chi connectivity index (χ4n) is 3.81. The highest BCUT2D eigenvalue weighted by molar-refractivity contribution is 5.80. The number of aliphatic imine (C=N–C) groups is 1. The number of piperazine rings is 1. The Bertz CT molecular complexity index is 461. The van der Waals surface area contributed by atoms with Crippen molar-refractivity contribution in [2.24, 2.45) is 4.99 Å². The summed E-state index contributed by atoms with van der Waals surface area (Å²) in [7, 11) is 0. The number of nitrogens with zero attached hydrogens (tertiary/aromatic N) is 4. The van der Waals surface area contributed by atoms with E-state index < -0.39 is 0 Å². The third-order valence-corrected chi connectivity index (χ3v) is 5.59. The van der Waals surface area contributed by atoms with Crippen LogP contribution < -0.4 is 10.6 Å². The van der Waals surface area contributed by atoms with Gasteiger partial charge in [0.15, 0.2) is 5.96 Å². The minimum Gasteiger partial charge on any atom is -0.357 e. The zero-order valence-electron chi connectivity index (χ0n) is 17.7. The maximum atomic E-state index is 11.8.